The van der Waals surface area contributed by atoms with E-state index >= 15 is 0 Å². The van der Waals surface area contributed by atoms with Crippen molar-refractivity contribution >= 4 is 16.9 Å². The predicted octanol–water partition coefficient (Wildman–Crippen LogP) is 1.71. The molecular formula is C16H20N2O3. The maximum absolute atomic E-state index is 11.3. The second-order valence-corrected chi connectivity index (χ2v) is 5.75. The van der Waals surface area contributed by atoms with Crippen LogP contribution in [0, 0.1) is 5.92 Å². The molecule has 112 valence electrons. The molecule has 1 fully saturated rings. The van der Waals surface area contributed by atoms with Crippen LogP contribution in [0.3, 0.4) is 0 Å². The Morgan fingerprint density at radius 2 is 2.19 bits per heavy atom. The minimum absolute atomic E-state index is 0.0681. The summed E-state index contributed by atoms with van der Waals surface area (Å²) in [5.41, 5.74) is 2.41. The fourth-order valence-electron chi connectivity index (χ4n) is 3.15. The summed E-state index contributed by atoms with van der Waals surface area (Å²) in [6.45, 7) is 1.51. The zero-order chi connectivity index (χ0) is 15.0. The molecule has 1 aliphatic heterocycles. The molecule has 5 nitrogen and oxygen atoms in total. The van der Waals surface area contributed by atoms with Gasteiger partial charge in [0.25, 0.3) is 0 Å². The zero-order valence-corrected chi connectivity index (χ0v) is 12.3. The minimum Gasteiger partial charge on any atom is -0.481 e. The van der Waals surface area contributed by atoms with Crippen molar-refractivity contribution in [2.45, 2.75) is 12.6 Å². The van der Waals surface area contributed by atoms with Gasteiger partial charge in [-0.2, -0.15) is 0 Å². The second-order valence-electron chi connectivity index (χ2n) is 5.75. The van der Waals surface area contributed by atoms with E-state index in [1.807, 2.05) is 26.2 Å². The summed E-state index contributed by atoms with van der Waals surface area (Å²) in [7, 11) is 4.00. The zero-order valence-electron chi connectivity index (χ0n) is 12.3. The Morgan fingerprint density at radius 1 is 1.43 bits per heavy atom. The van der Waals surface area contributed by atoms with Crippen molar-refractivity contribution in [1.29, 1.82) is 0 Å². The van der Waals surface area contributed by atoms with Gasteiger partial charge in [-0.1, -0.05) is 18.2 Å². The minimum atomic E-state index is -0.776. The van der Waals surface area contributed by atoms with Crippen LogP contribution >= 0.6 is 0 Å². The van der Waals surface area contributed by atoms with Crippen LogP contribution in [0.5, 0.6) is 0 Å². The molecule has 2 aromatic rings. The number of aliphatic carboxylic acids is 1. The molecule has 1 aromatic carbocycles. The Labute approximate surface area is 123 Å². The molecule has 0 radical (unpaired) electrons. The van der Waals surface area contributed by atoms with Crippen molar-refractivity contribution < 1.29 is 14.6 Å². The van der Waals surface area contributed by atoms with Crippen LogP contribution in [0.4, 0.5) is 0 Å². The highest BCUT2D eigenvalue weighted by molar-refractivity contribution is 5.83. The van der Waals surface area contributed by atoms with Crippen LogP contribution < -0.4 is 0 Å². The quantitative estimate of drug-likeness (QED) is 0.930. The van der Waals surface area contributed by atoms with Gasteiger partial charge in [0.2, 0.25) is 0 Å². The largest absolute Gasteiger partial charge is 0.481 e. The van der Waals surface area contributed by atoms with Crippen molar-refractivity contribution in [1.82, 2.24) is 9.47 Å². The molecule has 2 heterocycles. The van der Waals surface area contributed by atoms with Gasteiger partial charge in [0.15, 0.2) is 0 Å². The van der Waals surface area contributed by atoms with Crippen molar-refractivity contribution in [2.24, 2.45) is 13.0 Å². The van der Waals surface area contributed by atoms with E-state index in [0.717, 1.165) is 6.54 Å². The van der Waals surface area contributed by atoms with E-state index in [1.165, 1.54) is 16.5 Å². The number of carbonyl (C=O) groups is 1. The molecule has 1 aliphatic rings. The van der Waals surface area contributed by atoms with Gasteiger partial charge in [-0.05, 0) is 18.7 Å². The summed E-state index contributed by atoms with van der Waals surface area (Å²) < 4.78 is 7.46. The van der Waals surface area contributed by atoms with E-state index in [1.54, 1.807) is 0 Å². The molecule has 0 bridgehead atoms. The van der Waals surface area contributed by atoms with Crippen LogP contribution in [0.1, 0.15) is 5.56 Å². The van der Waals surface area contributed by atoms with Crippen molar-refractivity contribution in [3.63, 3.8) is 0 Å². The molecule has 0 saturated carbocycles. The van der Waals surface area contributed by atoms with Gasteiger partial charge in [0, 0.05) is 36.7 Å². The number of likely N-dealkylation sites (N-methyl/N-ethyl adjacent to an activating group) is 1. The molecule has 1 N–H and O–H groups in total. The number of aromatic nitrogens is 1. The van der Waals surface area contributed by atoms with E-state index < -0.39 is 11.9 Å². The number of carboxylic acid groups (broad SMARTS) is 1. The monoisotopic (exact) mass is 288 g/mol. The van der Waals surface area contributed by atoms with E-state index in [4.69, 9.17) is 4.74 Å². The average Bonchev–Trinajstić information content (AvgIpc) is 3.06. The van der Waals surface area contributed by atoms with Gasteiger partial charge in [-0.3, -0.25) is 9.69 Å². The lowest BCUT2D eigenvalue weighted by atomic mass is 10.0. The van der Waals surface area contributed by atoms with Crippen LogP contribution in [0.25, 0.3) is 10.9 Å². The Morgan fingerprint density at radius 3 is 2.95 bits per heavy atom. The standard InChI is InChI=1S/C16H20N2O3/c1-17-7-11(12-5-3-4-6-14(12)17)8-18(2)15-10-21-9-13(15)16(19)20/h3-7,13,15H,8-10H2,1-2H3,(H,19,20). The average molecular weight is 288 g/mol. The lowest BCUT2D eigenvalue weighted by Gasteiger charge is -2.25. The van der Waals surface area contributed by atoms with E-state index in [0.29, 0.717) is 13.2 Å². The summed E-state index contributed by atoms with van der Waals surface area (Å²) in [5.74, 6) is -1.22. The van der Waals surface area contributed by atoms with Gasteiger partial charge in [0.1, 0.15) is 0 Å². The predicted molar refractivity (Wildman–Crippen MR) is 80.1 cm³/mol. The number of rotatable bonds is 4. The number of para-hydroxylation sites is 1. The lowest BCUT2D eigenvalue weighted by Crippen LogP contribution is -2.40. The molecule has 0 aliphatic carbocycles. The van der Waals surface area contributed by atoms with Gasteiger partial charge >= 0.3 is 5.97 Å². The number of nitrogens with zero attached hydrogens (tertiary/aromatic N) is 2. The molecular weight excluding hydrogens is 268 g/mol. The second kappa shape index (κ2) is 5.50. The van der Waals surface area contributed by atoms with Crippen LogP contribution in [0.15, 0.2) is 30.5 Å². The number of benzene rings is 1. The molecule has 3 rings (SSSR count). The topological polar surface area (TPSA) is 54.7 Å². The SMILES string of the molecule is CN(Cc1cn(C)c2ccccc12)C1COCC1C(=O)O. The Kier molecular flexibility index (Phi) is 3.69. The van der Waals surface area contributed by atoms with Crippen molar-refractivity contribution in [2.75, 3.05) is 20.3 Å². The van der Waals surface area contributed by atoms with E-state index in [9.17, 15) is 9.90 Å². The first-order valence-electron chi connectivity index (χ1n) is 7.11. The number of ether oxygens (including phenoxy) is 1. The summed E-state index contributed by atoms with van der Waals surface area (Å²) in [6.07, 6.45) is 2.12. The molecule has 2 atom stereocenters. The molecule has 1 aromatic heterocycles. The number of hydrogen-bond acceptors (Lipinski definition) is 3. The third-order valence-electron chi connectivity index (χ3n) is 4.33. The smallest absolute Gasteiger partial charge is 0.310 e. The van der Waals surface area contributed by atoms with Gasteiger partial charge < -0.3 is 14.4 Å². The third kappa shape index (κ3) is 2.54. The number of fused-ring (bicyclic) bond motifs is 1. The molecule has 2 unspecified atom stereocenters. The first-order chi connectivity index (χ1) is 10.1. The highest BCUT2D eigenvalue weighted by Crippen LogP contribution is 2.25. The fourth-order valence-corrected chi connectivity index (χ4v) is 3.15. The van der Waals surface area contributed by atoms with E-state index in [-0.39, 0.29) is 6.04 Å². The van der Waals surface area contributed by atoms with Gasteiger partial charge in [-0.25, -0.2) is 0 Å². The normalized spacial score (nSPS) is 22.2. The first-order valence-corrected chi connectivity index (χ1v) is 7.11. The first kappa shape index (κ1) is 14.1. The summed E-state index contributed by atoms with van der Waals surface area (Å²) >= 11 is 0. The van der Waals surface area contributed by atoms with E-state index in [2.05, 4.69) is 27.8 Å². The van der Waals surface area contributed by atoms with Crippen LogP contribution in [-0.4, -0.2) is 46.8 Å². The molecule has 0 amide bonds. The van der Waals surface area contributed by atoms with Crippen molar-refractivity contribution in [3.05, 3.63) is 36.0 Å². The van der Waals surface area contributed by atoms with Crippen molar-refractivity contribution in [3.8, 4) is 0 Å². The summed E-state index contributed by atoms with van der Waals surface area (Å²) in [6, 6.07) is 8.20. The fraction of sp³-hybridized carbons (Fsp3) is 0.438. The number of carboxylic acids is 1. The molecule has 5 heteroatoms. The van der Waals surface area contributed by atoms with Crippen LogP contribution in [-0.2, 0) is 23.1 Å². The highest BCUT2D eigenvalue weighted by atomic mass is 16.5. The third-order valence-corrected chi connectivity index (χ3v) is 4.33. The maximum Gasteiger partial charge on any atom is 0.310 e. The summed E-state index contributed by atoms with van der Waals surface area (Å²) in [5, 5.41) is 10.5. The molecule has 1 saturated heterocycles. The maximum atomic E-state index is 11.3. The molecule has 21 heavy (non-hydrogen) atoms. The Hall–Kier alpha value is -1.85. The number of hydrogen-bond donors (Lipinski definition) is 1. The lowest BCUT2D eigenvalue weighted by molar-refractivity contribution is -0.143. The Balaban J connectivity index is 1.83. The molecule has 0 spiro atoms. The van der Waals surface area contributed by atoms with Gasteiger partial charge in [0.05, 0.1) is 19.1 Å². The number of aryl methyl sites for hydroxylation is 1. The van der Waals surface area contributed by atoms with Crippen LogP contribution in [0.2, 0.25) is 0 Å². The Bertz CT molecular complexity index is 665. The summed E-state index contributed by atoms with van der Waals surface area (Å²) in [4.78, 5) is 13.4. The van der Waals surface area contributed by atoms with Gasteiger partial charge in [-0.15, -0.1) is 0 Å². The highest BCUT2D eigenvalue weighted by Gasteiger charge is 2.36.